The van der Waals surface area contributed by atoms with E-state index < -0.39 is 5.97 Å². The molecule has 2 aromatic rings. The quantitative estimate of drug-likeness (QED) is 0.847. The molecule has 94 valence electrons. The molecule has 2 rings (SSSR count). The molecule has 0 saturated carbocycles. The van der Waals surface area contributed by atoms with Crippen LogP contribution in [0.15, 0.2) is 29.2 Å². The number of carbonyl (C=O) groups excluding carboxylic acids is 2. The molecule has 0 saturated heterocycles. The van der Waals surface area contributed by atoms with Crippen LogP contribution in [0.2, 0.25) is 0 Å². The van der Waals surface area contributed by atoms with Crippen LogP contribution in [-0.4, -0.2) is 28.8 Å². The molecular formula is C11H11N3O3S. The number of anilines is 1. The fourth-order valence-corrected chi connectivity index (χ4v) is 1.94. The summed E-state index contributed by atoms with van der Waals surface area (Å²) in [4.78, 5) is 22.8. The second-order valence-corrected chi connectivity index (χ2v) is 4.25. The number of carbonyl (C=O) groups is 2. The Balaban J connectivity index is 1.98. The van der Waals surface area contributed by atoms with Gasteiger partial charge >= 0.3 is 5.97 Å². The molecule has 1 N–H and O–H groups in total. The standard InChI is InChI=1S/C11H11N3O3S/c1-17-10(15)6-14-5-9(4-12-14)13-11(16)8-2-3-18-7-8/h2-5,7H,6H2,1H3,(H,13,16). The molecule has 7 heteroatoms. The van der Waals surface area contributed by atoms with Crippen molar-refractivity contribution in [1.82, 2.24) is 9.78 Å². The molecule has 2 aromatic heterocycles. The summed E-state index contributed by atoms with van der Waals surface area (Å²) in [5.41, 5.74) is 1.14. The number of hydrogen-bond donors (Lipinski definition) is 1. The van der Waals surface area contributed by atoms with Crippen LogP contribution in [0.4, 0.5) is 5.69 Å². The third-order valence-corrected chi connectivity index (χ3v) is 2.88. The van der Waals surface area contributed by atoms with Crippen molar-refractivity contribution in [2.75, 3.05) is 12.4 Å². The van der Waals surface area contributed by atoms with Crippen molar-refractivity contribution >= 4 is 28.9 Å². The molecule has 6 nitrogen and oxygen atoms in total. The minimum atomic E-state index is -0.395. The van der Waals surface area contributed by atoms with E-state index in [0.29, 0.717) is 11.3 Å². The summed E-state index contributed by atoms with van der Waals surface area (Å²) >= 11 is 1.45. The Morgan fingerprint density at radius 1 is 1.56 bits per heavy atom. The average Bonchev–Trinajstić information content (AvgIpc) is 3.00. The first-order valence-electron chi connectivity index (χ1n) is 5.12. The molecule has 0 aromatic carbocycles. The molecule has 0 radical (unpaired) electrons. The zero-order valence-corrected chi connectivity index (χ0v) is 10.4. The van der Waals surface area contributed by atoms with Crippen LogP contribution in [0.5, 0.6) is 0 Å². The van der Waals surface area contributed by atoms with Crippen LogP contribution in [0.25, 0.3) is 0 Å². The monoisotopic (exact) mass is 265 g/mol. The first kappa shape index (κ1) is 12.3. The van der Waals surface area contributed by atoms with Gasteiger partial charge in [-0.05, 0) is 11.4 Å². The Kier molecular flexibility index (Phi) is 3.73. The SMILES string of the molecule is COC(=O)Cn1cc(NC(=O)c2ccsc2)cn1. The van der Waals surface area contributed by atoms with E-state index >= 15 is 0 Å². The van der Waals surface area contributed by atoms with Gasteiger partial charge in [-0.1, -0.05) is 0 Å². The molecule has 0 aliphatic rings. The second kappa shape index (κ2) is 5.46. The van der Waals surface area contributed by atoms with Crippen molar-refractivity contribution in [3.8, 4) is 0 Å². The number of hydrogen-bond acceptors (Lipinski definition) is 5. The molecular weight excluding hydrogens is 254 g/mol. The van der Waals surface area contributed by atoms with Gasteiger partial charge in [-0.3, -0.25) is 14.3 Å². The lowest BCUT2D eigenvalue weighted by Gasteiger charge is -2.00. The molecule has 0 atom stereocenters. The van der Waals surface area contributed by atoms with Gasteiger partial charge in [0.15, 0.2) is 0 Å². The maximum absolute atomic E-state index is 11.7. The van der Waals surface area contributed by atoms with Crippen molar-refractivity contribution in [3.05, 3.63) is 34.8 Å². The summed E-state index contributed by atoms with van der Waals surface area (Å²) < 4.78 is 5.92. The number of nitrogens with one attached hydrogen (secondary N) is 1. The first-order chi connectivity index (χ1) is 8.69. The summed E-state index contributed by atoms with van der Waals surface area (Å²) in [6, 6.07) is 1.73. The van der Waals surface area contributed by atoms with Gasteiger partial charge in [-0.15, -0.1) is 0 Å². The molecule has 18 heavy (non-hydrogen) atoms. The lowest BCUT2D eigenvalue weighted by atomic mass is 10.3. The van der Waals surface area contributed by atoms with E-state index in [1.165, 1.54) is 29.3 Å². The van der Waals surface area contributed by atoms with Crippen LogP contribution >= 0.6 is 11.3 Å². The number of rotatable bonds is 4. The Bertz CT molecular complexity index is 548. The van der Waals surface area contributed by atoms with E-state index in [-0.39, 0.29) is 12.5 Å². The first-order valence-corrected chi connectivity index (χ1v) is 6.06. The highest BCUT2D eigenvalue weighted by Crippen LogP contribution is 2.10. The molecule has 0 bridgehead atoms. The highest BCUT2D eigenvalue weighted by molar-refractivity contribution is 7.08. The zero-order valence-electron chi connectivity index (χ0n) is 9.62. The van der Waals surface area contributed by atoms with Gasteiger partial charge in [-0.2, -0.15) is 16.4 Å². The second-order valence-electron chi connectivity index (χ2n) is 3.47. The number of ether oxygens (including phenoxy) is 1. The summed E-state index contributed by atoms with van der Waals surface area (Å²) in [5, 5.41) is 10.2. The predicted molar refractivity (Wildman–Crippen MR) is 66.5 cm³/mol. The van der Waals surface area contributed by atoms with Gasteiger partial charge in [0.1, 0.15) is 6.54 Å². The predicted octanol–water partition coefficient (Wildman–Crippen LogP) is 1.37. The fraction of sp³-hybridized carbons (Fsp3) is 0.182. The summed E-state index contributed by atoms with van der Waals surface area (Å²) in [6.45, 7) is 0.0187. The van der Waals surface area contributed by atoms with Gasteiger partial charge in [0.2, 0.25) is 0 Å². The van der Waals surface area contributed by atoms with Gasteiger partial charge in [0.25, 0.3) is 5.91 Å². The van der Waals surface area contributed by atoms with Gasteiger partial charge < -0.3 is 10.1 Å². The Morgan fingerprint density at radius 2 is 2.39 bits per heavy atom. The van der Waals surface area contributed by atoms with Gasteiger partial charge in [0, 0.05) is 11.6 Å². The number of methoxy groups -OCH3 is 1. The minimum Gasteiger partial charge on any atom is -0.468 e. The third-order valence-electron chi connectivity index (χ3n) is 2.19. The topological polar surface area (TPSA) is 73.2 Å². The molecule has 0 spiro atoms. The molecule has 0 unspecified atom stereocenters. The number of esters is 1. The highest BCUT2D eigenvalue weighted by atomic mass is 32.1. The van der Waals surface area contributed by atoms with Crippen molar-refractivity contribution in [3.63, 3.8) is 0 Å². The van der Waals surface area contributed by atoms with E-state index in [1.807, 2.05) is 5.38 Å². The Labute approximate surface area is 107 Å². The van der Waals surface area contributed by atoms with E-state index in [9.17, 15) is 9.59 Å². The van der Waals surface area contributed by atoms with Crippen LogP contribution in [0.1, 0.15) is 10.4 Å². The van der Waals surface area contributed by atoms with Crippen molar-refractivity contribution in [2.24, 2.45) is 0 Å². The Morgan fingerprint density at radius 3 is 3.06 bits per heavy atom. The normalized spacial score (nSPS) is 10.1. The van der Waals surface area contributed by atoms with Crippen LogP contribution in [0.3, 0.4) is 0 Å². The van der Waals surface area contributed by atoms with Gasteiger partial charge in [-0.25, -0.2) is 0 Å². The van der Waals surface area contributed by atoms with E-state index in [4.69, 9.17) is 0 Å². The molecule has 0 aliphatic carbocycles. The summed E-state index contributed by atoms with van der Waals surface area (Å²) in [7, 11) is 1.31. The number of thiophene rings is 1. The average molecular weight is 265 g/mol. The van der Waals surface area contributed by atoms with Crippen molar-refractivity contribution in [1.29, 1.82) is 0 Å². The summed E-state index contributed by atoms with van der Waals surface area (Å²) in [6.07, 6.45) is 3.05. The zero-order chi connectivity index (χ0) is 13.0. The maximum Gasteiger partial charge on any atom is 0.327 e. The molecule has 0 fully saturated rings. The minimum absolute atomic E-state index is 0.0187. The fourth-order valence-electron chi connectivity index (χ4n) is 1.31. The van der Waals surface area contributed by atoms with E-state index in [0.717, 1.165) is 0 Å². The lowest BCUT2D eigenvalue weighted by Crippen LogP contribution is -2.12. The maximum atomic E-state index is 11.7. The lowest BCUT2D eigenvalue weighted by molar-refractivity contribution is -0.141. The van der Waals surface area contributed by atoms with Gasteiger partial charge in [0.05, 0.1) is 24.6 Å². The molecule has 1 amide bonds. The number of nitrogens with zero attached hydrogens (tertiary/aromatic N) is 2. The van der Waals surface area contributed by atoms with Crippen LogP contribution in [0, 0.1) is 0 Å². The van der Waals surface area contributed by atoms with Crippen LogP contribution in [-0.2, 0) is 16.1 Å². The highest BCUT2D eigenvalue weighted by Gasteiger charge is 2.09. The smallest absolute Gasteiger partial charge is 0.327 e. The van der Waals surface area contributed by atoms with Crippen molar-refractivity contribution < 1.29 is 14.3 Å². The number of aromatic nitrogens is 2. The Hall–Kier alpha value is -2.15. The number of amides is 1. The summed E-state index contributed by atoms with van der Waals surface area (Å²) in [5.74, 6) is -0.595. The third kappa shape index (κ3) is 2.95. The molecule has 2 heterocycles. The van der Waals surface area contributed by atoms with E-state index in [2.05, 4.69) is 15.2 Å². The van der Waals surface area contributed by atoms with Crippen molar-refractivity contribution in [2.45, 2.75) is 6.54 Å². The molecule has 0 aliphatic heterocycles. The largest absolute Gasteiger partial charge is 0.468 e. The van der Waals surface area contributed by atoms with Crippen LogP contribution < -0.4 is 5.32 Å². The van der Waals surface area contributed by atoms with E-state index in [1.54, 1.807) is 17.6 Å².